The van der Waals surface area contributed by atoms with E-state index in [9.17, 15) is 9.59 Å². The van der Waals surface area contributed by atoms with Crippen molar-refractivity contribution in [3.63, 3.8) is 0 Å². The SMILES string of the molecule is O=C(c1cc2c(s1)CCCC2)N1CCC(C(=O)N2CCOCC2)CC1. The molecule has 2 amide bonds. The Hall–Kier alpha value is -1.40. The highest BCUT2D eigenvalue weighted by molar-refractivity contribution is 7.14. The summed E-state index contributed by atoms with van der Waals surface area (Å²) >= 11 is 1.69. The summed E-state index contributed by atoms with van der Waals surface area (Å²) < 4.78 is 5.32. The molecule has 136 valence electrons. The molecule has 0 unspecified atom stereocenters. The van der Waals surface area contributed by atoms with Gasteiger partial charge in [-0.3, -0.25) is 9.59 Å². The van der Waals surface area contributed by atoms with Crippen LogP contribution in [-0.2, 0) is 22.4 Å². The minimum absolute atomic E-state index is 0.0682. The molecule has 4 rings (SSSR count). The number of carbonyl (C=O) groups excluding carboxylic acids is 2. The first-order valence-electron chi connectivity index (χ1n) is 9.50. The fourth-order valence-electron chi connectivity index (χ4n) is 4.12. The zero-order valence-electron chi connectivity index (χ0n) is 14.7. The summed E-state index contributed by atoms with van der Waals surface area (Å²) in [6.07, 6.45) is 6.31. The number of hydrogen-bond donors (Lipinski definition) is 0. The number of piperidine rings is 1. The van der Waals surface area contributed by atoms with Crippen LogP contribution < -0.4 is 0 Å². The van der Waals surface area contributed by atoms with E-state index in [0.29, 0.717) is 39.4 Å². The van der Waals surface area contributed by atoms with Crippen LogP contribution >= 0.6 is 11.3 Å². The lowest BCUT2D eigenvalue weighted by atomic mass is 9.95. The number of thiophene rings is 1. The van der Waals surface area contributed by atoms with Gasteiger partial charge in [0.2, 0.25) is 5.91 Å². The lowest BCUT2D eigenvalue weighted by Gasteiger charge is -2.35. The summed E-state index contributed by atoms with van der Waals surface area (Å²) in [6.45, 7) is 4.10. The highest BCUT2D eigenvalue weighted by Crippen LogP contribution is 2.31. The second-order valence-electron chi connectivity index (χ2n) is 7.27. The van der Waals surface area contributed by atoms with E-state index >= 15 is 0 Å². The molecule has 1 aliphatic carbocycles. The molecule has 2 aliphatic heterocycles. The molecule has 0 saturated carbocycles. The molecule has 0 aromatic carbocycles. The molecule has 0 N–H and O–H groups in total. The first-order chi connectivity index (χ1) is 12.2. The Morgan fingerprint density at radius 2 is 1.72 bits per heavy atom. The van der Waals surface area contributed by atoms with Crippen molar-refractivity contribution in [2.45, 2.75) is 38.5 Å². The Morgan fingerprint density at radius 1 is 1.00 bits per heavy atom. The number of nitrogens with zero attached hydrogens (tertiary/aromatic N) is 2. The number of hydrogen-bond acceptors (Lipinski definition) is 4. The van der Waals surface area contributed by atoms with Crippen molar-refractivity contribution in [1.82, 2.24) is 9.80 Å². The van der Waals surface area contributed by atoms with Gasteiger partial charge in [-0.25, -0.2) is 0 Å². The van der Waals surface area contributed by atoms with Crippen molar-refractivity contribution in [1.29, 1.82) is 0 Å². The largest absolute Gasteiger partial charge is 0.378 e. The van der Waals surface area contributed by atoms with Gasteiger partial charge in [-0.1, -0.05) is 0 Å². The van der Waals surface area contributed by atoms with Gasteiger partial charge in [0.25, 0.3) is 5.91 Å². The van der Waals surface area contributed by atoms with Gasteiger partial charge < -0.3 is 14.5 Å². The number of aryl methyl sites for hydroxylation is 2. The van der Waals surface area contributed by atoms with E-state index in [1.807, 2.05) is 9.80 Å². The first-order valence-corrected chi connectivity index (χ1v) is 10.3. The first kappa shape index (κ1) is 17.0. The van der Waals surface area contributed by atoms with E-state index in [2.05, 4.69) is 6.07 Å². The molecule has 3 heterocycles. The predicted octanol–water partition coefficient (Wildman–Crippen LogP) is 2.34. The van der Waals surface area contributed by atoms with Gasteiger partial charge in [0.15, 0.2) is 0 Å². The van der Waals surface area contributed by atoms with Gasteiger partial charge in [0, 0.05) is 37.0 Å². The molecule has 25 heavy (non-hydrogen) atoms. The van der Waals surface area contributed by atoms with Crippen molar-refractivity contribution < 1.29 is 14.3 Å². The molecule has 1 aromatic rings. The van der Waals surface area contributed by atoms with Crippen LogP contribution in [-0.4, -0.2) is 61.0 Å². The van der Waals surface area contributed by atoms with Gasteiger partial charge in [-0.05, 0) is 50.2 Å². The van der Waals surface area contributed by atoms with Crippen molar-refractivity contribution >= 4 is 23.2 Å². The molecular formula is C19H26N2O3S. The molecule has 0 radical (unpaired) electrons. The summed E-state index contributed by atoms with van der Waals surface area (Å²) in [5.74, 6) is 0.484. The number of rotatable bonds is 2. The quantitative estimate of drug-likeness (QED) is 0.811. The maximum absolute atomic E-state index is 12.8. The van der Waals surface area contributed by atoms with Crippen LogP contribution in [0.25, 0.3) is 0 Å². The summed E-state index contributed by atoms with van der Waals surface area (Å²) in [5.41, 5.74) is 1.39. The Kier molecular flexibility index (Phi) is 5.08. The average Bonchev–Trinajstić information content (AvgIpc) is 3.12. The molecular weight excluding hydrogens is 336 g/mol. The number of amides is 2. The summed E-state index contributed by atoms with van der Waals surface area (Å²) in [7, 11) is 0. The molecule has 2 saturated heterocycles. The van der Waals surface area contributed by atoms with Crippen LogP contribution in [0.4, 0.5) is 0 Å². The van der Waals surface area contributed by atoms with Crippen molar-refractivity contribution in [3.05, 3.63) is 21.4 Å². The van der Waals surface area contributed by atoms with E-state index in [1.54, 1.807) is 11.3 Å². The molecule has 0 bridgehead atoms. The summed E-state index contributed by atoms with van der Waals surface area (Å²) in [4.78, 5) is 31.6. The van der Waals surface area contributed by atoms with Crippen LogP contribution in [0.2, 0.25) is 0 Å². The molecule has 0 spiro atoms. The fourth-order valence-corrected chi connectivity index (χ4v) is 5.34. The van der Waals surface area contributed by atoms with Crippen LogP contribution in [0, 0.1) is 5.92 Å². The third-order valence-electron chi connectivity index (χ3n) is 5.66. The van der Waals surface area contributed by atoms with Crippen LogP contribution in [0.1, 0.15) is 45.8 Å². The lowest BCUT2D eigenvalue weighted by molar-refractivity contribution is -0.141. The van der Waals surface area contributed by atoms with E-state index in [0.717, 1.165) is 30.6 Å². The van der Waals surface area contributed by atoms with Crippen molar-refractivity contribution in [2.24, 2.45) is 5.92 Å². The number of morpholine rings is 1. The zero-order valence-corrected chi connectivity index (χ0v) is 15.5. The molecule has 2 fully saturated rings. The van der Waals surface area contributed by atoms with Gasteiger partial charge in [-0.2, -0.15) is 0 Å². The maximum Gasteiger partial charge on any atom is 0.263 e. The minimum Gasteiger partial charge on any atom is -0.378 e. The number of carbonyl (C=O) groups is 2. The third-order valence-corrected chi connectivity index (χ3v) is 6.89. The molecule has 3 aliphatic rings. The summed E-state index contributed by atoms with van der Waals surface area (Å²) in [6, 6.07) is 2.12. The molecule has 5 nitrogen and oxygen atoms in total. The Labute approximate surface area is 152 Å². The van der Waals surface area contributed by atoms with Gasteiger partial charge in [0.05, 0.1) is 18.1 Å². The van der Waals surface area contributed by atoms with E-state index in [4.69, 9.17) is 4.74 Å². The van der Waals surface area contributed by atoms with Crippen LogP contribution in [0.15, 0.2) is 6.07 Å². The smallest absolute Gasteiger partial charge is 0.263 e. The number of ether oxygens (including phenoxy) is 1. The van der Waals surface area contributed by atoms with Crippen molar-refractivity contribution in [3.8, 4) is 0 Å². The minimum atomic E-state index is 0.0682. The Bertz CT molecular complexity index is 620. The Morgan fingerprint density at radius 3 is 2.44 bits per heavy atom. The van der Waals surface area contributed by atoms with Gasteiger partial charge in [-0.15, -0.1) is 11.3 Å². The lowest BCUT2D eigenvalue weighted by Crippen LogP contribution is -2.47. The monoisotopic (exact) mass is 362 g/mol. The van der Waals surface area contributed by atoms with Gasteiger partial charge in [0.1, 0.15) is 0 Å². The highest BCUT2D eigenvalue weighted by atomic mass is 32.1. The zero-order chi connectivity index (χ0) is 17.2. The standard InChI is InChI=1S/C19H26N2O3S/c22-18(21-9-11-24-12-10-21)14-5-7-20(8-6-14)19(23)17-13-15-3-1-2-4-16(15)25-17/h13-14H,1-12H2. The van der Waals surface area contributed by atoms with Crippen molar-refractivity contribution in [2.75, 3.05) is 39.4 Å². The summed E-state index contributed by atoms with van der Waals surface area (Å²) in [5, 5.41) is 0. The van der Waals surface area contributed by atoms with E-state index in [-0.39, 0.29) is 17.7 Å². The number of fused-ring (bicyclic) bond motifs is 1. The molecule has 6 heteroatoms. The van der Waals surface area contributed by atoms with Crippen LogP contribution in [0.3, 0.4) is 0 Å². The van der Waals surface area contributed by atoms with E-state index < -0.39 is 0 Å². The molecule has 1 aromatic heterocycles. The fraction of sp³-hybridized carbons (Fsp3) is 0.684. The second kappa shape index (κ2) is 7.46. The van der Waals surface area contributed by atoms with Gasteiger partial charge >= 0.3 is 0 Å². The Balaban J connectivity index is 1.34. The van der Waals surface area contributed by atoms with E-state index in [1.165, 1.54) is 23.3 Å². The molecule has 0 atom stereocenters. The average molecular weight is 362 g/mol. The second-order valence-corrected chi connectivity index (χ2v) is 8.41. The topological polar surface area (TPSA) is 49.9 Å². The van der Waals surface area contributed by atoms with Crippen LogP contribution in [0.5, 0.6) is 0 Å². The third kappa shape index (κ3) is 3.60. The highest BCUT2D eigenvalue weighted by Gasteiger charge is 2.31. The normalized spacial score (nSPS) is 21.9. The maximum atomic E-state index is 12.8. The number of likely N-dealkylation sites (tertiary alicyclic amines) is 1. The predicted molar refractivity (Wildman–Crippen MR) is 97.0 cm³/mol.